The van der Waals surface area contributed by atoms with Crippen molar-refractivity contribution in [3.05, 3.63) is 51.8 Å². The number of H-pyrrole nitrogens is 1. The summed E-state index contributed by atoms with van der Waals surface area (Å²) in [6.45, 7) is 1.77. The Labute approximate surface area is 149 Å². The van der Waals surface area contributed by atoms with E-state index >= 15 is 0 Å². The number of aryl methyl sites for hydroxylation is 1. The van der Waals surface area contributed by atoms with E-state index in [9.17, 15) is 22.4 Å². The Balaban J connectivity index is 1.96. The predicted molar refractivity (Wildman–Crippen MR) is 94.1 cm³/mol. The fourth-order valence-electron chi connectivity index (χ4n) is 2.98. The number of nitrogens with zero attached hydrogens (tertiary/aromatic N) is 2. The summed E-state index contributed by atoms with van der Waals surface area (Å²) in [5.74, 6) is -1.17. The number of amides is 1. The Kier molecular flexibility index (Phi) is 4.66. The van der Waals surface area contributed by atoms with Gasteiger partial charge in [-0.3, -0.25) is 4.79 Å². The molecule has 0 saturated carbocycles. The molecule has 9 heteroatoms. The molecule has 1 atom stereocenters. The van der Waals surface area contributed by atoms with Gasteiger partial charge in [-0.15, -0.1) is 0 Å². The number of benzene rings is 1. The molecule has 2 heterocycles. The van der Waals surface area contributed by atoms with E-state index in [2.05, 4.69) is 9.97 Å². The van der Waals surface area contributed by atoms with Crippen molar-refractivity contribution in [2.45, 2.75) is 19.4 Å². The SMILES string of the molecule is Cc1ccc(F)c(-c2cc(C(=O)N(C)C3CCS(=O)(=O)C3)[nH]c(=O)n2)c1. The van der Waals surface area contributed by atoms with E-state index < -0.39 is 33.3 Å². The lowest BCUT2D eigenvalue weighted by atomic mass is 10.1. The summed E-state index contributed by atoms with van der Waals surface area (Å²) in [4.78, 5) is 31.9. The highest BCUT2D eigenvalue weighted by Crippen LogP contribution is 2.23. The summed E-state index contributed by atoms with van der Waals surface area (Å²) >= 11 is 0. The Morgan fingerprint density at radius 1 is 1.35 bits per heavy atom. The zero-order valence-corrected chi connectivity index (χ0v) is 15.1. The standard InChI is InChI=1S/C17H18FN3O4S/c1-10-3-4-13(18)12(7-10)14-8-15(20-17(23)19-14)16(22)21(2)11-5-6-26(24,25)9-11/h3-4,7-8,11H,5-6,9H2,1-2H3,(H,19,20,23). The summed E-state index contributed by atoms with van der Waals surface area (Å²) in [5, 5.41) is 0. The maximum atomic E-state index is 14.1. The van der Waals surface area contributed by atoms with Crippen molar-refractivity contribution in [2.24, 2.45) is 0 Å². The Morgan fingerprint density at radius 2 is 2.08 bits per heavy atom. The first-order valence-electron chi connectivity index (χ1n) is 8.02. The number of nitrogens with one attached hydrogen (secondary N) is 1. The number of halogens is 1. The molecule has 138 valence electrons. The van der Waals surface area contributed by atoms with E-state index in [-0.39, 0.29) is 28.5 Å². The Bertz CT molecular complexity index is 1030. The second-order valence-corrected chi connectivity index (χ2v) is 8.67. The van der Waals surface area contributed by atoms with Crippen molar-refractivity contribution in [1.82, 2.24) is 14.9 Å². The van der Waals surface area contributed by atoms with Crippen molar-refractivity contribution in [3.63, 3.8) is 0 Å². The van der Waals surface area contributed by atoms with E-state index in [1.54, 1.807) is 19.1 Å². The maximum Gasteiger partial charge on any atom is 0.346 e. The quantitative estimate of drug-likeness (QED) is 0.862. The normalized spacial score (nSPS) is 18.7. The van der Waals surface area contributed by atoms with Gasteiger partial charge in [0.25, 0.3) is 5.91 Å². The lowest BCUT2D eigenvalue weighted by molar-refractivity contribution is 0.0741. The van der Waals surface area contributed by atoms with Gasteiger partial charge in [0.05, 0.1) is 17.2 Å². The number of hydrogen-bond donors (Lipinski definition) is 1. The molecule has 1 unspecified atom stereocenters. The molecule has 26 heavy (non-hydrogen) atoms. The first-order valence-corrected chi connectivity index (χ1v) is 9.84. The van der Waals surface area contributed by atoms with E-state index in [1.807, 2.05) is 0 Å². The third-order valence-electron chi connectivity index (χ3n) is 4.45. The fraction of sp³-hybridized carbons (Fsp3) is 0.353. The summed E-state index contributed by atoms with van der Waals surface area (Å²) in [6.07, 6.45) is 0.346. The Morgan fingerprint density at radius 3 is 2.73 bits per heavy atom. The predicted octanol–water partition coefficient (Wildman–Crippen LogP) is 1.14. The maximum absolute atomic E-state index is 14.1. The lowest BCUT2D eigenvalue weighted by Gasteiger charge is -2.23. The summed E-state index contributed by atoms with van der Waals surface area (Å²) in [6, 6.07) is 5.25. The van der Waals surface area contributed by atoms with Crippen LogP contribution in [0.2, 0.25) is 0 Å². The van der Waals surface area contributed by atoms with E-state index in [1.165, 1.54) is 24.1 Å². The van der Waals surface area contributed by atoms with Crippen molar-refractivity contribution in [2.75, 3.05) is 18.6 Å². The van der Waals surface area contributed by atoms with Crippen LogP contribution in [0.5, 0.6) is 0 Å². The monoisotopic (exact) mass is 379 g/mol. The number of rotatable bonds is 3. The third-order valence-corrected chi connectivity index (χ3v) is 6.20. The first kappa shape index (κ1) is 18.2. The van der Waals surface area contributed by atoms with Crippen LogP contribution in [0.1, 0.15) is 22.5 Å². The van der Waals surface area contributed by atoms with Crippen LogP contribution in [0, 0.1) is 12.7 Å². The summed E-state index contributed by atoms with van der Waals surface area (Å²) in [7, 11) is -1.67. The van der Waals surface area contributed by atoms with Crippen LogP contribution in [0.3, 0.4) is 0 Å². The minimum absolute atomic E-state index is 0.0297. The van der Waals surface area contributed by atoms with E-state index in [0.717, 1.165) is 5.56 Å². The molecule has 1 amide bonds. The fourth-order valence-corrected chi connectivity index (χ4v) is 4.76. The highest BCUT2D eigenvalue weighted by molar-refractivity contribution is 7.91. The highest BCUT2D eigenvalue weighted by atomic mass is 32.2. The molecule has 0 aliphatic carbocycles. The van der Waals surface area contributed by atoms with E-state index in [0.29, 0.717) is 6.42 Å². The van der Waals surface area contributed by atoms with Crippen LogP contribution >= 0.6 is 0 Å². The molecule has 3 rings (SSSR count). The molecular formula is C17H18FN3O4S. The average Bonchev–Trinajstić information content (AvgIpc) is 2.95. The van der Waals surface area contributed by atoms with Crippen LogP contribution in [0.25, 0.3) is 11.3 Å². The molecule has 1 aromatic heterocycles. The van der Waals surface area contributed by atoms with Gasteiger partial charge in [0.15, 0.2) is 9.84 Å². The van der Waals surface area contributed by atoms with Crippen molar-refractivity contribution < 1.29 is 17.6 Å². The van der Waals surface area contributed by atoms with E-state index in [4.69, 9.17) is 0 Å². The molecule has 1 saturated heterocycles. The second kappa shape index (κ2) is 6.64. The van der Waals surface area contributed by atoms with Gasteiger partial charge in [0.1, 0.15) is 11.5 Å². The van der Waals surface area contributed by atoms with Gasteiger partial charge in [0, 0.05) is 18.7 Å². The highest BCUT2D eigenvalue weighted by Gasteiger charge is 2.33. The molecule has 0 radical (unpaired) electrons. The number of aromatic nitrogens is 2. The molecule has 1 N–H and O–H groups in total. The lowest BCUT2D eigenvalue weighted by Crippen LogP contribution is -2.39. The molecule has 1 aliphatic heterocycles. The van der Waals surface area contributed by atoms with Gasteiger partial charge in [-0.25, -0.2) is 17.6 Å². The smallest absolute Gasteiger partial charge is 0.336 e. The van der Waals surface area contributed by atoms with Gasteiger partial charge in [-0.05, 0) is 31.5 Å². The van der Waals surface area contributed by atoms with Gasteiger partial charge in [-0.1, -0.05) is 11.6 Å². The Hall–Kier alpha value is -2.55. The van der Waals surface area contributed by atoms with Gasteiger partial charge in [-0.2, -0.15) is 4.98 Å². The zero-order valence-electron chi connectivity index (χ0n) is 14.3. The van der Waals surface area contributed by atoms with Crippen LogP contribution in [0.4, 0.5) is 4.39 Å². The summed E-state index contributed by atoms with van der Waals surface area (Å²) in [5.41, 5.74) is 0.110. The number of sulfone groups is 1. The number of carbonyl (C=O) groups excluding carboxylic acids is 1. The molecular weight excluding hydrogens is 361 g/mol. The third kappa shape index (κ3) is 3.67. The van der Waals surface area contributed by atoms with Crippen molar-refractivity contribution in [3.8, 4) is 11.3 Å². The second-order valence-electron chi connectivity index (χ2n) is 6.44. The molecule has 2 aromatic rings. The molecule has 7 nitrogen and oxygen atoms in total. The van der Waals surface area contributed by atoms with Crippen molar-refractivity contribution >= 4 is 15.7 Å². The van der Waals surface area contributed by atoms with Crippen LogP contribution in [0.15, 0.2) is 29.1 Å². The van der Waals surface area contributed by atoms with Crippen LogP contribution in [-0.2, 0) is 9.84 Å². The zero-order chi connectivity index (χ0) is 19.1. The van der Waals surface area contributed by atoms with Gasteiger partial charge < -0.3 is 9.88 Å². The molecule has 0 bridgehead atoms. The number of hydrogen-bond acceptors (Lipinski definition) is 5. The summed E-state index contributed by atoms with van der Waals surface area (Å²) < 4.78 is 37.3. The average molecular weight is 379 g/mol. The van der Waals surface area contributed by atoms with Crippen LogP contribution < -0.4 is 5.69 Å². The van der Waals surface area contributed by atoms with Gasteiger partial charge >= 0.3 is 5.69 Å². The van der Waals surface area contributed by atoms with Crippen LogP contribution in [-0.4, -0.2) is 53.8 Å². The molecule has 1 fully saturated rings. The molecule has 1 aliphatic rings. The minimum Gasteiger partial charge on any atom is -0.336 e. The number of aromatic amines is 1. The molecule has 1 aromatic carbocycles. The minimum atomic E-state index is -3.15. The number of carbonyl (C=O) groups is 1. The topological polar surface area (TPSA) is 100 Å². The largest absolute Gasteiger partial charge is 0.346 e. The molecule has 0 spiro atoms. The van der Waals surface area contributed by atoms with Crippen molar-refractivity contribution in [1.29, 1.82) is 0 Å². The van der Waals surface area contributed by atoms with Gasteiger partial charge in [0.2, 0.25) is 0 Å². The first-order chi connectivity index (χ1) is 12.2.